The molecule has 1 heterocycles. The Morgan fingerprint density at radius 2 is 1.95 bits per heavy atom. The fourth-order valence-electron chi connectivity index (χ4n) is 1.98. The van der Waals surface area contributed by atoms with Crippen LogP contribution in [-0.4, -0.2) is 34.8 Å². The van der Waals surface area contributed by atoms with Crippen LogP contribution in [0.25, 0.3) is 0 Å². The Labute approximate surface area is 130 Å². The van der Waals surface area contributed by atoms with Crippen LogP contribution in [0.1, 0.15) is 38.2 Å². The lowest BCUT2D eigenvalue weighted by atomic mass is 10.2. The van der Waals surface area contributed by atoms with Crippen LogP contribution in [0.15, 0.2) is 36.0 Å². The third-order valence-corrected chi connectivity index (χ3v) is 3.19. The second-order valence-electron chi connectivity index (χ2n) is 4.91. The first kappa shape index (κ1) is 16.0. The van der Waals surface area contributed by atoms with E-state index in [0.717, 1.165) is 17.7 Å². The lowest BCUT2D eigenvalue weighted by Crippen LogP contribution is -2.00. The first-order valence-electron chi connectivity index (χ1n) is 7.53. The Morgan fingerprint density at radius 3 is 2.68 bits per heavy atom. The summed E-state index contributed by atoms with van der Waals surface area (Å²) in [6.45, 7) is 2.91. The van der Waals surface area contributed by atoms with Gasteiger partial charge in [0.25, 0.3) is 0 Å². The van der Waals surface area contributed by atoms with Crippen LogP contribution in [0.5, 0.6) is 11.5 Å². The summed E-state index contributed by atoms with van der Waals surface area (Å²) in [7, 11) is 1.64. The van der Waals surface area contributed by atoms with Crippen LogP contribution < -0.4 is 9.47 Å². The lowest BCUT2D eigenvalue weighted by Gasteiger charge is -2.11. The molecule has 0 aliphatic rings. The van der Waals surface area contributed by atoms with Crippen molar-refractivity contribution in [3.8, 4) is 11.5 Å². The van der Waals surface area contributed by atoms with Crippen LogP contribution in [-0.2, 0) is 0 Å². The van der Waals surface area contributed by atoms with Gasteiger partial charge in [-0.25, -0.2) is 4.68 Å². The van der Waals surface area contributed by atoms with E-state index < -0.39 is 0 Å². The second kappa shape index (κ2) is 8.81. The van der Waals surface area contributed by atoms with Gasteiger partial charge in [0.05, 0.1) is 19.9 Å². The molecule has 0 spiro atoms. The van der Waals surface area contributed by atoms with E-state index in [9.17, 15) is 0 Å². The summed E-state index contributed by atoms with van der Waals surface area (Å²) < 4.78 is 12.7. The average Bonchev–Trinajstić information content (AvgIpc) is 3.06. The van der Waals surface area contributed by atoms with Gasteiger partial charge in [-0.2, -0.15) is 5.10 Å². The number of methoxy groups -OCH3 is 1. The van der Waals surface area contributed by atoms with Crippen molar-refractivity contribution in [1.29, 1.82) is 0 Å². The number of hydrogen-bond donors (Lipinski definition) is 0. The molecule has 6 nitrogen and oxygen atoms in total. The van der Waals surface area contributed by atoms with E-state index in [1.807, 2.05) is 18.2 Å². The van der Waals surface area contributed by atoms with Crippen LogP contribution >= 0.6 is 0 Å². The number of ether oxygens (including phenoxy) is 2. The zero-order valence-corrected chi connectivity index (χ0v) is 13.1. The number of hydrogen-bond acceptors (Lipinski definition) is 5. The normalized spacial score (nSPS) is 11.0. The van der Waals surface area contributed by atoms with Gasteiger partial charge in [0.1, 0.15) is 12.7 Å². The molecule has 0 atom stereocenters. The maximum atomic E-state index is 5.79. The minimum atomic E-state index is 0.711. The van der Waals surface area contributed by atoms with Crippen LogP contribution in [0, 0.1) is 0 Å². The van der Waals surface area contributed by atoms with Gasteiger partial charge in [0.2, 0.25) is 0 Å². The van der Waals surface area contributed by atoms with Gasteiger partial charge in [-0.15, -0.1) is 10.2 Å². The molecule has 118 valence electrons. The fraction of sp³-hybridized carbons (Fsp3) is 0.438. The Balaban J connectivity index is 1.95. The van der Waals surface area contributed by atoms with Crippen molar-refractivity contribution in [3.63, 3.8) is 0 Å². The molecule has 0 fully saturated rings. The van der Waals surface area contributed by atoms with E-state index in [1.165, 1.54) is 36.6 Å². The van der Waals surface area contributed by atoms with Crippen molar-refractivity contribution >= 4 is 6.21 Å². The molecular weight excluding hydrogens is 280 g/mol. The van der Waals surface area contributed by atoms with Crippen molar-refractivity contribution in [2.75, 3.05) is 13.7 Å². The highest BCUT2D eigenvalue weighted by molar-refractivity contribution is 5.80. The summed E-state index contributed by atoms with van der Waals surface area (Å²) in [5, 5.41) is 11.6. The summed E-state index contributed by atoms with van der Waals surface area (Å²) in [5.74, 6) is 1.48. The van der Waals surface area contributed by atoms with E-state index in [2.05, 4.69) is 22.2 Å². The molecule has 1 aromatic carbocycles. The number of rotatable bonds is 9. The lowest BCUT2D eigenvalue weighted by molar-refractivity contribution is 0.285. The molecule has 0 amide bonds. The molecule has 0 aliphatic heterocycles. The molecule has 2 rings (SSSR count). The van der Waals surface area contributed by atoms with Crippen LogP contribution in [0.2, 0.25) is 0 Å². The topological polar surface area (TPSA) is 61.5 Å². The SMILES string of the molecule is CCCCCCOc1ccc(/C=N/n2cnnc2)cc1OC. The average molecular weight is 302 g/mol. The smallest absolute Gasteiger partial charge is 0.161 e. The summed E-state index contributed by atoms with van der Waals surface area (Å²) in [6, 6.07) is 5.75. The van der Waals surface area contributed by atoms with Crippen molar-refractivity contribution in [2.45, 2.75) is 32.6 Å². The predicted molar refractivity (Wildman–Crippen MR) is 85.6 cm³/mol. The fourth-order valence-corrected chi connectivity index (χ4v) is 1.98. The summed E-state index contributed by atoms with van der Waals surface area (Å²) in [6.07, 6.45) is 9.51. The van der Waals surface area contributed by atoms with Crippen molar-refractivity contribution in [2.24, 2.45) is 5.10 Å². The minimum Gasteiger partial charge on any atom is -0.493 e. The molecule has 0 radical (unpaired) electrons. The van der Waals surface area contributed by atoms with Crippen molar-refractivity contribution in [3.05, 3.63) is 36.4 Å². The Morgan fingerprint density at radius 1 is 1.14 bits per heavy atom. The van der Waals surface area contributed by atoms with Gasteiger partial charge < -0.3 is 9.47 Å². The van der Waals surface area contributed by atoms with Gasteiger partial charge in [0.15, 0.2) is 11.5 Å². The van der Waals surface area contributed by atoms with Crippen molar-refractivity contribution in [1.82, 2.24) is 14.9 Å². The third kappa shape index (κ3) is 4.87. The van der Waals surface area contributed by atoms with E-state index in [0.29, 0.717) is 12.4 Å². The second-order valence-corrected chi connectivity index (χ2v) is 4.91. The third-order valence-electron chi connectivity index (χ3n) is 3.19. The molecule has 0 N–H and O–H groups in total. The maximum Gasteiger partial charge on any atom is 0.161 e. The summed E-state index contributed by atoms with van der Waals surface area (Å²) >= 11 is 0. The molecule has 0 unspecified atom stereocenters. The standard InChI is InChI=1S/C16H22N4O2/c1-3-4-5-6-9-22-15-8-7-14(10-16(15)21-2)11-19-20-12-17-18-13-20/h7-8,10-13H,3-6,9H2,1-2H3/b19-11+. The molecule has 0 saturated heterocycles. The Bertz CT molecular complexity index is 582. The highest BCUT2D eigenvalue weighted by Crippen LogP contribution is 2.27. The zero-order chi connectivity index (χ0) is 15.6. The molecule has 1 aromatic heterocycles. The van der Waals surface area contributed by atoms with Crippen LogP contribution in [0.3, 0.4) is 0 Å². The summed E-state index contributed by atoms with van der Waals surface area (Å²) in [5.41, 5.74) is 0.920. The monoisotopic (exact) mass is 302 g/mol. The molecule has 2 aromatic rings. The highest BCUT2D eigenvalue weighted by Gasteiger charge is 2.05. The molecule has 0 saturated carbocycles. The number of aromatic nitrogens is 3. The quantitative estimate of drug-likeness (QED) is 0.527. The minimum absolute atomic E-state index is 0.711. The van der Waals surface area contributed by atoms with Gasteiger partial charge in [0, 0.05) is 0 Å². The largest absolute Gasteiger partial charge is 0.493 e. The van der Waals surface area contributed by atoms with Gasteiger partial charge in [-0.1, -0.05) is 26.2 Å². The van der Waals surface area contributed by atoms with E-state index in [-0.39, 0.29) is 0 Å². The van der Waals surface area contributed by atoms with E-state index in [1.54, 1.807) is 13.3 Å². The predicted octanol–water partition coefficient (Wildman–Crippen LogP) is 3.13. The molecule has 0 bridgehead atoms. The highest BCUT2D eigenvalue weighted by atomic mass is 16.5. The first-order chi connectivity index (χ1) is 10.8. The van der Waals surface area contributed by atoms with Gasteiger partial charge in [-0.05, 0) is 30.2 Å². The van der Waals surface area contributed by atoms with Crippen LogP contribution in [0.4, 0.5) is 0 Å². The Kier molecular flexibility index (Phi) is 6.41. The first-order valence-corrected chi connectivity index (χ1v) is 7.53. The van der Waals surface area contributed by atoms with Crippen molar-refractivity contribution < 1.29 is 9.47 Å². The van der Waals surface area contributed by atoms with Gasteiger partial charge >= 0.3 is 0 Å². The zero-order valence-electron chi connectivity index (χ0n) is 13.1. The Hall–Kier alpha value is -2.37. The van der Waals surface area contributed by atoms with Gasteiger partial charge in [-0.3, -0.25) is 0 Å². The molecule has 22 heavy (non-hydrogen) atoms. The number of benzene rings is 1. The van der Waals surface area contributed by atoms with E-state index >= 15 is 0 Å². The molecule has 0 aliphatic carbocycles. The maximum absolute atomic E-state index is 5.79. The number of unbranched alkanes of at least 4 members (excludes halogenated alkanes) is 3. The molecular formula is C16H22N4O2. The summed E-state index contributed by atoms with van der Waals surface area (Å²) in [4.78, 5) is 0. The number of nitrogens with zero attached hydrogens (tertiary/aromatic N) is 4. The van der Waals surface area contributed by atoms with E-state index in [4.69, 9.17) is 9.47 Å². The molecule has 6 heteroatoms.